The first-order valence-electron chi connectivity index (χ1n) is 7.65. The molecule has 110 valence electrons. The first-order chi connectivity index (χ1) is 10.2. The van der Waals surface area contributed by atoms with Crippen molar-refractivity contribution in [1.82, 2.24) is 0 Å². The molecular formula is C19H22O2. The second-order valence-electron chi connectivity index (χ2n) is 5.89. The van der Waals surface area contributed by atoms with E-state index in [1.165, 1.54) is 11.1 Å². The van der Waals surface area contributed by atoms with Crippen LogP contribution in [0.3, 0.4) is 0 Å². The zero-order chi connectivity index (χ0) is 14.8. The van der Waals surface area contributed by atoms with Gasteiger partial charge in [0.05, 0.1) is 0 Å². The van der Waals surface area contributed by atoms with Crippen LogP contribution in [0, 0.1) is 13.8 Å². The van der Waals surface area contributed by atoms with Crippen molar-refractivity contribution in [1.29, 1.82) is 0 Å². The van der Waals surface area contributed by atoms with Crippen LogP contribution >= 0.6 is 0 Å². The smallest absolute Gasteiger partial charge is 0.129 e. The molecule has 3 rings (SSSR count). The predicted molar refractivity (Wildman–Crippen MR) is 84.7 cm³/mol. The van der Waals surface area contributed by atoms with Crippen molar-refractivity contribution in [2.45, 2.75) is 45.3 Å². The van der Waals surface area contributed by atoms with Crippen LogP contribution in [0.4, 0.5) is 0 Å². The van der Waals surface area contributed by atoms with Gasteiger partial charge < -0.3 is 9.84 Å². The SMILES string of the molecule is Cc1cccc(OC2CCCc3ccccc3C2O)c1C. The lowest BCUT2D eigenvalue weighted by Crippen LogP contribution is -2.25. The summed E-state index contributed by atoms with van der Waals surface area (Å²) in [5, 5.41) is 10.7. The summed E-state index contributed by atoms with van der Waals surface area (Å²) in [5.41, 5.74) is 4.64. The Hall–Kier alpha value is -1.80. The number of fused-ring (bicyclic) bond motifs is 1. The van der Waals surface area contributed by atoms with E-state index in [4.69, 9.17) is 4.74 Å². The van der Waals surface area contributed by atoms with Crippen molar-refractivity contribution in [3.8, 4) is 5.75 Å². The van der Waals surface area contributed by atoms with Gasteiger partial charge in [-0.15, -0.1) is 0 Å². The Morgan fingerprint density at radius 3 is 2.71 bits per heavy atom. The Labute approximate surface area is 126 Å². The lowest BCUT2D eigenvalue weighted by atomic mass is 10.00. The molecule has 1 aliphatic rings. The average Bonchev–Trinajstić information content (AvgIpc) is 2.65. The van der Waals surface area contributed by atoms with Crippen molar-refractivity contribution in [3.05, 3.63) is 64.7 Å². The molecule has 2 unspecified atom stereocenters. The third-order valence-corrected chi connectivity index (χ3v) is 4.49. The topological polar surface area (TPSA) is 29.5 Å². The molecule has 1 N–H and O–H groups in total. The molecule has 2 atom stereocenters. The van der Waals surface area contributed by atoms with E-state index in [-0.39, 0.29) is 6.10 Å². The van der Waals surface area contributed by atoms with Gasteiger partial charge >= 0.3 is 0 Å². The zero-order valence-electron chi connectivity index (χ0n) is 12.7. The summed E-state index contributed by atoms with van der Waals surface area (Å²) in [5.74, 6) is 0.887. The van der Waals surface area contributed by atoms with Crippen molar-refractivity contribution < 1.29 is 9.84 Å². The number of hydrogen-bond acceptors (Lipinski definition) is 2. The monoisotopic (exact) mass is 282 g/mol. The summed E-state index contributed by atoms with van der Waals surface area (Å²) in [6, 6.07) is 14.2. The van der Waals surface area contributed by atoms with Crippen molar-refractivity contribution in [2.24, 2.45) is 0 Å². The molecular weight excluding hydrogens is 260 g/mol. The summed E-state index contributed by atoms with van der Waals surface area (Å²) in [4.78, 5) is 0. The van der Waals surface area contributed by atoms with E-state index in [1.54, 1.807) is 0 Å². The summed E-state index contributed by atoms with van der Waals surface area (Å²) < 4.78 is 6.17. The first-order valence-corrected chi connectivity index (χ1v) is 7.65. The highest BCUT2D eigenvalue weighted by molar-refractivity contribution is 5.39. The van der Waals surface area contributed by atoms with Gasteiger partial charge in [0.2, 0.25) is 0 Å². The fourth-order valence-corrected chi connectivity index (χ4v) is 3.04. The van der Waals surface area contributed by atoms with Crippen LogP contribution in [0.25, 0.3) is 0 Å². The Morgan fingerprint density at radius 2 is 1.86 bits per heavy atom. The second kappa shape index (κ2) is 5.90. The molecule has 0 saturated carbocycles. The third-order valence-electron chi connectivity index (χ3n) is 4.49. The molecule has 0 radical (unpaired) electrons. The van der Waals surface area contributed by atoms with Crippen LogP contribution < -0.4 is 4.74 Å². The molecule has 0 amide bonds. The number of rotatable bonds is 2. The Kier molecular flexibility index (Phi) is 3.98. The van der Waals surface area contributed by atoms with Gasteiger partial charge in [-0.3, -0.25) is 0 Å². The standard InChI is InChI=1S/C19H22O2/c1-13-7-5-11-17(14(13)2)21-18-12-6-9-15-8-3-4-10-16(15)19(18)20/h3-5,7-8,10-11,18-20H,6,9,12H2,1-2H3. The molecule has 2 nitrogen and oxygen atoms in total. The molecule has 0 bridgehead atoms. The molecule has 0 fully saturated rings. The molecule has 2 aromatic rings. The van der Waals surface area contributed by atoms with E-state index in [2.05, 4.69) is 26.0 Å². The number of benzene rings is 2. The fraction of sp³-hybridized carbons (Fsp3) is 0.368. The number of aryl methyl sites for hydroxylation is 2. The van der Waals surface area contributed by atoms with Crippen LogP contribution in [0.15, 0.2) is 42.5 Å². The van der Waals surface area contributed by atoms with Gasteiger partial charge in [0, 0.05) is 0 Å². The molecule has 0 heterocycles. The number of aliphatic hydroxyl groups is 1. The van der Waals surface area contributed by atoms with E-state index >= 15 is 0 Å². The Bertz CT molecular complexity index is 633. The minimum atomic E-state index is -0.552. The van der Waals surface area contributed by atoms with Gasteiger partial charge in [-0.2, -0.15) is 0 Å². The number of hydrogen-bond donors (Lipinski definition) is 1. The molecule has 21 heavy (non-hydrogen) atoms. The second-order valence-corrected chi connectivity index (χ2v) is 5.89. The highest BCUT2D eigenvalue weighted by atomic mass is 16.5. The molecule has 0 spiro atoms. The third kappa shape index (κ3) is 2.81. The van der Waals surface area contributed by atoms with Crippen LogP contribution in [-0.4, -0.2) is 11.2 Å². The molecule has 2 aromatic carbocycles. The normalized spacial score (nSPS) is 21.5. The lowest BCUT2D eigenvalue weighted by Gasteiger charge is -2.24. The lowest BCUT2D eigenvalue weighted by molar-refractivity contribution is 0.0317. The summed E-state index contributed by atoms with van der Waals surface area (Å²) in [7, 11) is 0. The van der Waals surface area contributed by atoms with Gasteiger partial charge in [0.25, 0.3) is 0 Å². The summed E-state index contributed by atoms with van der Waals surface area (Å²) >= 11 is 0. The largest absolute Gasteiger partial charge is 0.487 e. The zero-order valence-corrected chi connectivity index (χ0v) is 12.7. The molecule has 0 saturated heterocycles. The molecule has 0 aliphatic heterocycles. The maximum absolute atomic E-state index is 10.7. The number of ether oxygens (including phenoxy) is 1. The summed E-state index contributed by atoms with van der Waals surface area (Å²) in [6.45, 7) is 4.16. The predicted octanol–water partition coefficient (Wildman–Crippen LogP) is 4.12. The van der Waals surface area contributed by atoms with E-state index in [0.717, 1.165) is 36.1 Å². The van der Waals surface area contributed by atoms with Gasteiger partial charge in [-0.1, -0.05) is 36.4 Å². The van der Waals surface area contributed by atoms with E-state index < -0.39 is 6.10 Å². The minimum absolute atomic E-state index is 0.172. The Balaban J connectivity index is 1.88. The van der Waals surface area contributed by atoms with Crippen LogP contribution in [0.5, 0.6) is 5.75 Å². The highest BCUT2D eigenvalue weighted by Gasteiger charge is 2.27. The Morgan fingerprint density at radius 1 is 1.05 bits per heavy atom. The first kappa shape index (κ1) is 14.2. The molecule has 1 aliphatic carbocycles. The van der Waals surface area contributed by atoms with Crippen LogP contribution in [0.1, 0.15) is 41.2 Å². The highest BCUT2D eigenvalue weighted by Crippen LogP contribution is 2.33. The average molecular weight is 282 g/mol. The van der Waals surface area contributed by atoms with Crippen molar-refractivity contribution >= 4 is 0 Å². The van der Waals surface area contributed by atoms with Gasteiger partial charge in [0.15, 0.2) is 0 Å². The van der Waals surface area contributed by atoms with Crippen LogP contribution in [-0.2, 0) is 6.42 Å². The van der Waals surface area contributed by atoms with Crippen molar-refractivity contribution in [2.75, 3.05) is 0 Å². The maximum Gasteiger partial charge on any atom is 0.129 e. The van der Waals surface area contributed by atoms with Crippen molar-refractivity contribution in [3.63, 3.8) is 0 Å². The van der Waals surface area contributed by atoms with E-state index in [1.807, 2.05) is 30.3 Å². The van der Waals surface area contributed by atoms with Gasteiger partial charge in [0.1, 0.15) is 18.0 Å². The van der Waals surface area contributed by atoms with Crippen LogP contribution in [0.2, 0.25) is 0 Å². The molecule has 0 aromatic heterocycles. The van der Waals surface area contributed by atoms with Gasteiger partial charge in [-0.05, 0) is 61.4 Å². The number of aliphatic hydroxyl groups excluding tert-OH is 1. The van der Waals surface area contributed by atoms with E-state index in [0.29, 0.717) is 0 Å². The summed E-state index contributed by atoms with van der Waals surface area (Å²) in [6.07, 6.45) is 2.21. The van der Waals surface area contributed by atoms with E-state index in [9.17, 15) is 5.11 Å². The fourth-order valence-electron chi connectivity index (χ4n) is 3.04. The quantitative estimate of drug-likeness (QED) is 0.840. The van der Waals surface area contributed by atoms with Gasteiger partial charge in [-0.25, -0.2) is 0 Å². The minimum Gasteiger partial charge on any atom is -0.487 e. The maximum atomic E-state index is 10.7. The molecule has 2 heteroatoms.